The van der Waals surface area contributed by atoms with Crippen LogP contribution in [0.15, 0.2) is 29.2 Å². The predicted octanol–water partition coefficient (Wildman–Crippen LogP) is -0.597. The monoisotopic (exact) mass is 153 g/mol. The van der Waals surface area contributed by atoms with Crippen LogP contribution >= 0.6 is 0 Å². The molecule has 4 N–H and O–H groups in total. The summed E-state index contributed by atoms with van der Waals surface area (Å²) in [6.07, 6.45) is 1.28. The molecular formula is C7H7NO3. The van der Waals surface area contributed by atoms with Crippen molar-refractivity contribution in [3.63, 3.8) is 0 Å². The number of allylic oxidation sites excluding steroid dienone is 1. The molecule has 1 unspecified atom stereocenters. The highest BCUT2D eigenvalue weighted by molar-refractivity contribution is 5.63. The zero-order valence-corrected chi connectivity index (χ0v) is 5.61. The van der Waals surface area contributed by atoms with Crippen LogP contribution in [0.3, 0.4) is 0 Å². The van der Waals surface area contributed by atoms with E-state index in [4.69, 9.17) is 15.9 Å². The first-order valence-corrected chi connectivity index (χ1v) is 2.96. The van der Waals surface area contributed by atoms with Crippen molar-refractivity contribution >= 4 is 5.94 Å². The third kappa shape index (κ3) is 1.17. The molecule has 4 heteroatoms. The molecule has 1 rings (SSSR count). The van der Waals surface area contributed by atoms with Crippen LogP contribution in [0.2, 0.25) is 0 Å². The molecule has 0 spiro atoms. The lowest BCUT2D eigenvalue weighted by atomic mass is 10.0. The Kier molecular flexibility index (Phi) is 1.81. The van der Waals surface area contributed by atoms with E-state index in [0.717, 1.165) is 0 Å². The van der Waals surface area contributed by atoms with Gasteiger partial charge in [-0.05, 0) is 12.2 Å². The second kappa shape index (κ2) is 2.62. The lowest BCUT2D eigenvalue weighted by Crippen LogP contribution is -2.23. The zero-order chi connectivity index (χ0) is 8.43. The van der Waals surface area contributed by atoms with E-state index in [-0.39, 0.29) is 17.0 Å². The molecule has 11 heavy (non-hydrogen) atoms. The summed E-state index contributed by atoms with van der Waals surface area (Å²) in [5.41, 5.74) is 5.12. The normalized spacial score (nSPS) is 23.7. The molecule has 0 aromatic carbocycles. The van der Waals surface area contributed by atoms with Crippen LogP contribution in [0.25, 0.3) is 0 Å². The van der Waals surface area contributed by atoms with Crippen molar-refractivity contribution in [2.75, 3.05) is 0 Å². The molecule has 1 atom stereocenters. The highest BCUT2D eigenvalue weighted by Gasteiger charge is 2.19. The third-order valence-electron chi connectivity index (χ3n) is 1.42. The lowest BCUT2D eigenvalue weighted by Gasteiger charge is -2.13. The van der Waals surface area contributed by atoms with Crippen LogP contribution in [0.4, 0.5) is 0 Å². The molecule has 0 amide bonds. The zero-order valence-electron chi connectivity index (χ0n) is 5.61. The Bertz CT molecular complexity index is 284. The number of aliphatic hydroxyl groups excluding tert-OH is 2. The SMILES string of the molecule is NC1=C(O)C=CC(=C=O)C1O. The minimum Gasteiger partial charge on any atom is -0.506 e. The van der Waals surface area contributed by atoms with Crippen molar-refractivity contribution in [1.29, 1.82) is 0 Å². The largest absolute Gasteiger partial charge is 0.506 e. The van der Waals surface area contributed by atoms with Gasteiger partial charge in [-0.15, -0.1) is 0 Å². The molecular weight excluding hydrogens is 146 g/mol. The Morgan fingerprint density at radius 1 is 1.55 bits per heavy atom. The second-order valence-corrected chi connectivity index (χ2v) is 2.13. The molecule has 1 aliphatic carbocycles. The molecule has 4 nitrogen and oxygen atoms in total. The van der Waals surface area contributed by atoms with Crippen LogP contribution in [-0.4, -0.2) is 22.3 Å². The van der Waals surface area contributed by atoms with E-state index in [9.17, 15) is 4.79 Å². The minimum absolute atomic E-state index is 0.0281. The first-order chi connectivity index (χ1) is 5.16. The maximum atomic E-state index is 10.1. The van der Waals surface area contributed by atoms with Crippen molar-refractivity contribution in [3.8, 4) is 0 Å². The smallest absolute Gasteiger partial charge is 0.137 e. The number of nitrogens with two attached hydrogens (primary N) is 1. The van der Waals surface area contributed by atoms with Gasteiger partial charge in [0.1, 0.15) is 17.8 Å². The van der Waals surface area contributed by atoms with Gasteiger partial charge in [-0.3, -0.25) is 0 Å². The van der Waals surface area contributed by atoms with E-state index in [1.165, 1.54) is 18.1 Å². The Morgan fingerprint density at radius 2 is 2.18 bits per heavy atom. The number of hydrogen-bond acceptors (Lipinski definition) is 4. The molecule has 0 heterocycles. The molecule has 0 saturated heterocycles. The molecule has 1 aliphatic rings. The van der Waals surface area contributed by atoms with Crippen molar-refractivity contribution in [2.45, 2.75) is 6.10 Å². The van der Waals surface area contributed by atoms with Crippen molar-refractivity contribution in [3.05, 3.63) is 29.2 Å². The van der Waals surface area contributed by atoms with Crippen LogP contribution in [0, 0.1) is 0 Å². The highest BCUT2D eigenvalue weighted by atomic mass is 16.3. The van der Waals surface area contributed by atoms with Crippen LogP contribution in [0.5, 0.6) is 0 Å². The summed E-state index contributed by atoms with van der Waals surface area (Å²) in [5.74, 6) is 1.30. The topological polar surface area (TPSA) is 83.5 Å². The quantitative estimate of drug-likeness (QED) is 0.406. The summed E-state index contributed by atoms with van der Waals surface area (Å²) in [4.78, 5) is 10.1. The summed E-state index contributed by atoms with van der Waals surface area (Å²) in [6.45, 7) is 0. The van der Waals surface area contributed by atoms with Gasteiger partial charge in [0.05, 0.1) is 11.3 Å². The molecule has 0 aromatic heterocycles. The maximum absolute atomic E-state index is 10.1. The van der Waals surface area contributed by atoms with Gasteiger partial charge >= 0.3 is 0 Å². The average Bonchev–Trinajstić information content (AvgIpc) is 2.01. The maximum Gasteiger partial charge on any atom is 0.137 e. The standard InChI is InChI=1S/C7H7NO3/c8-6-5(10)2-1-4(3-9)7(6)11/h1-2,7,10-11H,8H2. The Balaban J connectivity index is 3.10. The van der Waals surface area contributed by atoms with Gasteiger partial charge < -0.3 is 15.9 Å². The Morgan fingerprint density at radius 3 is 2.73 bits per heavy atom. The van der Waals surface area contributed by atoms with Crippen molar-refractivity contribution in [2.24, 2.45) is 5.73 Å². The molecule has 58 valence electrons. The summed E-state index contributed by atoms with van der Waals surface area (Å²) < 4.78 is 0. The summed E-state index contributed by atoms with van der Waals surface area (Å²) >= 11 is 0. The number of rotatable bonds is 0. The van der Waals surface area contributed by atoms with E-state index in [0.29, 0.717) is 0 Å². The van der Waals surface area contributed by atoms with Gasteiger partial charge in [0.2, 0.25) is 0 Å². The van der Waals surface area contributed by atoms with Crippen molar-refractivity contribution < 1.29 is 15.0 Å². The van der Waals surface area contributed by atoms with Gasteiger partial charge in [-0.25, -0.2) is 4.79 Å². The Labute approximate surface area is 62.9 Å². The molecule has 0 fully saturated rings. The molecule has 0 aliphatic heterocycles. The minimum atomic E-state index is -1.22. The summed E-state index contributed by atoms with van der Waals surface area (Å²) in [6, 6.07) is 0. The summed E-state index contributed by atoms with van der Waals surface area (Å²) in [7, 11) is 0. The molecule has 0 bridgehead atoms. The van der Waals surface area contributed by atoms with Crippen LogP contribution in [0.1, 0.15) is 0 Å². The fourth-order valence-corrected chi connectivity index (χ4v) is 0.754. The fraction of sp³-hybridized carbons (Fsp3) is 0.143. The van der Waals surface area contributed by atoms with Crippen LogP contribution in [-0.2, 0) is 4.79 Å². The average molecular weight is 153 g/mol. The second-order valence-electron chi connectivity index (χ2n) is 2.13. The number of carbonyl (C=O) groups excluding carboxylic acids is 1. The summed E-state index contributed by atoms with van der Waals surface area (Å²) in [5, 5.41) is 18.0. The molecule has 0 radical (unpaired) electrons. The third-order valence-corrected chi connectivity index (χ3v) is 1.42. The van der Waals surface area contributed by atoms with E-state index in [2.05, 4.69) is 0 Å². The first-order valence-electron chi connectivity index (χ1n) is 2.96. The lowest BCUT2D eigenvalue weighted by molar-refractivity contribution is 0.238. The van der Waals surface area contributed by atoms with Crippen molar-refractivity contribution in [1.82, 2.24) is 0 Å². The van der Waals surface area contributed by atoms with Gasteiger partial charge in [-0.1, -0.05) is 0 Å². The number of hydrogen-bond donors (Lipinski definition) is 3. The molecule has 0 aromatic rings. The fourth-order valence-electron chi connectivity index (χ4n) is 0.754. The van der Waals surface area contributed by atoms with E-state index in [1.54, 1.807) is 0 Å². The van der Waals surface area contributed by atoms with E-state index in [1.807, 2.05) is 0 Å². The van der Waals surface area contributed by atoms with Gasteiger partial charge in [0.15, 0.2) is 0 Å². The number of aliphatic hydroxyl groups is 2. The first kappa shape index (κ1) is 7.60. The predicted molar refractivity (Wildman–Crippen MR) is 38.2 cm³/mol. The van der Waals surface area contributed by atoms with Crippen LogP contribution < -0.4 is 5.73 Å². The van der Waals surface area contributed by atoms with Gasteiger partial charge in [0.25, 0.3) is 0 Å². The van der Waals surface area contributed by atoms with E-state index >= 15 is 0 Å². The van der Waals surface area contributed by atoms with Gasteiger partial charge in [0, 0.05) is 0 Å². The van der Waals surface area contributed by atoms with Gasteiger partial charge in [-0.2, -0.15) is 0 Å². The highest BCUT2D eigenvalue weighted by Crippen LogP contribution is 2.16. The van der Waals surface area contributed by atoms with E-state index < -0.39 is 6.10 Å². The Hall–Kier alpha value is -1.51. The molecule has 0 saturated carbocycles.